The molecule has 0 spiro atoms. The van der Waals surface area contributed by atoms with Gasteiger partial charge in [-0.3, -0.25) is 14.6 Å². The lowest BCUT2D eigenvalue weighted by Gasteiger charge is -2.35. The van der Waals surface area contributed by atoms with E-state index in [1.165, 1.54) is 0 Å². The number of aryl methyl sites for hydroxylation is 1. The molecule has 4 rings (SSSR count). The average Bonchev–Trinajstić information content (AvgIpc) is 3.05. The summed E-state index contributed by atoms with van der Waals surface area (Å²) < 4.78 is 1.88. The standard InChI is InChI=1S/C18H18N6O2/c1-11-21-22-16-10-24(15(9-23(11)16)17(25)19-2)18(26)13-5-3-7-14-12(13)6-4-8-20-14/h3-8,15H,9-10H2,1-2H3,(H,19,25). The second kappa shape index (κ2) is 6.21. The fourth-order valence-corrected chi connectivity index (χ4v) is 3.36. The summed E-state index contributed by atoms with van der Waals surface area (Å²) in [5.74, 6) is 0.976. The number of pyridine rings is 1. The van der Waals surface area contributed by atoms with E-state index in [1.54, 1.807) is 36.3 Å². The number of carbonyl (C=O) groups excluding carboxylic acids is 2. The molecule has 0 saturated carbocycles. The highest BCUT2D eigenvalue weighted by Crippen LogP contribution is 2.24. The molecule has 1 N–H and O–H groups in total. The normalized spacial score (nSPS) is 16.4. The van der Waals surface area contributed by atoms with Crippen molar-refractivity contribution in [3.05, 3.63) is 53.7 Å². The second-order valence-corrected chi connectivity index (χ2v) is 6.21. The molecule has 1 atom stereocenters. The molecule has 132 valence electrons. The number of benzene rings is 1. The molecule has 1 aliphatic heterocycles. The first-order valence-electron chi connectivity index (χ1n) is 8.35. The summed E-state index contributed by atoms with van der Waals surface area (Å²) in [6, 6.07) is 8.46. The lowest BCUT2D eigenvalue weighted by Crippen LogP contribution is -2.53. The predicted octanol–water partition coefficient (Wildman–Crippen LogP) is 0.905. The maximum absolute atomic E-state index is 13.3. The molecule has 2 aromatic heterocycles. The third-order valence-electron chi connectivity index (χ3n) is 4.74. The van der Waals surface area contributed by atoms with Crippen molar-refractivity contribution in [1.29, 1.82) is 0 Å². The number of rotatable bonds is 2. The van der Waals surface area contributed by atoms with E-state index < -0.39 is 6.04 Å². The van der Waals surface area contributed by atoms with Gasteiger partial charge < -0.3 is 14.8 Å². The van der Waals surface area contributed by atoms with Crippen LogP contribution in [-0.2, 0) is 17.9 Å². The van der Waals surface area contributed by atoms with E-state index in [2.05, 4.69) is 20.5 Å². The number of likely N-dealkylation sites (N-methyl/N-ethyl adjacent to an activating group) is 1. The van der Waals surface area contributed by atoms with Gasteiger partial charge in [0.25, 0.3) is 5.91 Å². The van der Waals surface area contributed by atoms with Gasteiger partial charge in [-0.15, -0.1) is 10.2 Å². The molecule has 26 heavy (non-hydrogen) atoms. The van der Waals surface area contributed by atoms with Gasteiger partial charge in [-0.25, -0.2) is 0 Å². The number of nitrogens with one attached hydrogen (secondary N) is 1. The first-order chi connectivity index (χ1) is 12.6. The Morgan fingerprint density at radius 3 is 2.85 bits per heavy atom. The minimum absolute atomic E-state index is 0.213. The van der Waals surface area contributed by atoms with Gasteiger partial charge in [-0.1, -0.05) is 12.1 Å². The van der Waals surface area contributed by atoms with E-state index in [0.717, 1.165) is 16.7 Å². The summed E-state index contributed by atoms with van der Waals surface area (Å²) in [5, 5.41) is 11.6. The molecular formula is C18H18N6O2. The number of hydrogen-bond acceptors (Lipinski definition) is 5. The van der Waals surface area contributed by atoms with Crippen LogP contribution in [0.4, 0.5) is 0 Å². The molecule has 3 heterocycles. The lowest BCUT2D eigenvalue weighted by atomic mass is 10.0. The Balaban J connectivity index is 1.78. The van der Waals surface area contributed by atoms with Crippen LogP contribution in [0.25, 0.3) is 10.9 Å². The molecule has 1 unspecified atom stereocenters. The predicted molar refractivity (Wildman–Crippen MR) is 94.2 cm³/mol. The number of amides is 2. The van der Waals surface area contributed by atoms with Crippen molar-refractivity contribution in [1.82, 2.24) is 30.0 Å². The van der Waals surface area contributed by atoms with E-state index in [1.807, 2.05) is 23.6 Å². The highest BCUT2D eigenvalue weighted by atomic mass is 16.2. The van der Waals surface area contributed by atoms with Crippen LogP contribution in [0.1, 0.15) is 22.0 Å². The molecule has 0 bridgehead atoms. The van der Waals surface area contributed by atoms with E-state index in [4.69, 9.17) is 0 Å². The minimum Gasteiger partial charge on any atom is -0.357 e. The topological polar surface area (TPSA) is 93.0 Å². The molecule has 1 aliphatic rings. The molecule has 0 fully saturated rings. The summed E-state index contributed by atoms with van der Waals surface area (Å²) in [4.78, 5) is 31.6. The van der Waals surface area contributed by atoms with E-state index >= 15 is 0 Å². The van der Waals surface area contributed by atoms with Gasteiger partial charge in [0, 0.05) is 24.2 Å². The fraction of sp³-hybridized carbons (Fsp3) is 0.278. The molecule has 3 aromatic rings. The maximum atomic E-state index is 13.3. The van der Waals surface area contributed by atoms with Crippen LogP contribution in [0, 0.1) is 6.92 Å². The smallest absolute Gasteiger partial charge is 0.255 e. The van der Waals surface area contributed by atoms with Gasteiger partial charge >= 0.3 is 0 Å². The molecule has 0 saturated heterocycles. The third kappa shape index (κ3) is 2.50. The zero-order valence-electron chi connectivity index (χ0n) is 14.5. The van der Waals surface area contributed by atoms with E-state index in [0.29, 0.717) is 17.9 Å². The van der Waals surface area contributed by atoms with Crippen LogP contribution >= 0.6 is 0 Å². The van der Waals surface area contributed by atoms with E-state index in [-0.39, 0.29) is 18.4 Å². The van der Waals surface area contributed by atoms with Crippen molar-refractivity contribution < 1.29 is 9.59 Å². The van der Waals surface area contributed by atoms with Crippen LogP contribution in [0.5, 0.6) is 0 Å². The van der Waals surface area contributed by atoms with Gasteiger partial charge in [0.2, 0.25) is 5.91 Å². The Hall–Kier alpha value is -3.29. The molecule has 1 aromatic carbocycles. The molecule has 8 nitrogen and oxygen atoms in total. The van der Waals surface area contributed by atoms with Gasteiger partial charge in [0.05, 0.1) is 18.6 Å². The van der Waals surface area contributed by atoms with Crippen LogP contribution in [0.3, 0.4) is 0 Å². The number of aromatic nitrogens is 4. The van der Waals surface area contributed by atoms with Crippen LogP contribution < -0.4 is 5.32 Å². The van der Waals surface area contributed by atoms with Crippen LogP contribution in [0.15, 0.2) is 36.5 Å². The van der Waals surface area contributed by atoms with Gasteiger partial charge in [0.15, 0.2) is 5.82 Å². The Labute approximate surface area is 149 Å². The Morgan fingerprint density at radius 1 is 1.19 bits per heavy atom. The Kier molecular flexibility index (Phi) is 3.87. The van der Waals surface area contributed by atoms with Gasteiger partial charge in [-0.2, -0.15) is 0 Å². The van der Waals surface area contributed by atoms with Crippen molar-refractivity contribution in [2.45, 2.75) is 26.1 Å². The molecule has 8 heteroatoms. The number of fused-ring (bicyclic) bond motifs is 2. The highest BCUT2D eigenvalue weighted by molar-refractivity contribution is 6.07. The largest absolute Gasteiger partial charge is 0.357 e. The average molecular weight is 350 g/mol. The third-order valence-corrected chi connectivity index (χ3v) is 4.74. The maximum Gasteiger partial charge on any atom is 0.255 e. The lowest BCUT2D eigenvalue weighted by molar-refractivity contribution is -0.126. The SMILES string of the molecule is CNC(=O)C1Cn2c(C)nnc2CN1C(=O)c1cccc2ncccc12. The summed E-state index contributed by atoms with van der Waals surface area (Å²) in [6.45, 7) is 2.41. The van der Waals surface area contributed by atoms with Crippen molar-refractivity contribution in [2.24, 2.45) is 0 Å². The van der Waals surface area contributed by atoms with Crippen LogP contribution in [-0.4, -0.2) is 49.6 Å². The molecule has 0 aliphatic carbocycles. The number of carbonyl (C=O) groups is 2. The first kappa shape index (κ1) is 16.2. The summed E-state index contributed by atoms with van der Waals surface area (Å²) in [6.07, 6.45) is 1.69. The number of hydrogen-bond donors (Lipinski definition) is 1. The highest BCUT2D eigenvalue weighted by Gasteiger charge is 2.36. The monoisotopic (exact) mass is 350 g/mol. The van der Waals surface area contributed by atoms with Gasteiger partial charge in [0.1, 0.15) is 11.9 Å². The van der Waals surface area contributed by atoms with Crippen molar-refractivity contribution in [2.75, 3.05) is 7.05 Å². The van der Waals surface area contributed by atoms with Crippen LogP contribution in [0.2, 0.25) is 0 Å². The fourth-order valence-electron chi connectivity index (χ4n) is 3.36. The first-order valence-corrected chi connectivity index (χ1v) is 8.35. The second-order valence-electron chi connectivity index (χ2n) is 6.21. The number of nitrogens with zero attached hydrogens (tertiary/aromatic N) is 5. The quantitative estimate of drug-likeness (QED) is 0.741. The zero-order chi connectivity index (χ0) is 18.3. The Bertz CT molecular complexity index is 1010. The zero-order valence-corrected chi connectivity index (χ0v) is 14.5. The van der Waals surface area contributed by atoms with Crippen molar-refractivity contribution in [3.8, 4) is 0 Å². The van der Waals surface area contributed by atoms with Crippen molar-refractivity contribution in [3.63, 3.8) is 0 Å². The Morgan fingerprint density at radius 2 is 2.04 bits per heavy atom. The van der Waals surface area contributed by atoms with Crippen molar-refractivity contribution >= 4 is 22.7 Å². The minimum atomic E-state index is -0.623. The molecule has 0 radical (unpaired) electrons. The summed E-state index contributed by atoms with van der Waals surface area (Å²) in [5.41, 5.74) is 1.26. The molecular weight excluding hydrogens is 332 g/mol. The summed E-state index contributed by atoms with van der Waals surface area (Å²) in [7, 11) is 1.57. The van der Waals surface area contributed by atoms with Gasteiger partial charge in [-0.05, 0) is 25.1 Å². The summed E-state index contributed by atoms with van der Waals surface area (Å²) >= 11 is 0. The van der Waals surface area contributed by atoms with E-state index in [9.17, 15) is 9.59 Å². The molecule has 2 amide bonds.